The smallest absolute Gasteiger partial charge is 0.328 e. The average molecular weight is 171 g/mol. The number of nitrogens with one attached hydrogen (secondary N) is 1. The lowest BCUT2D eigenvalue weighted by Crippen LogP contribution is -2.39. The van der Waals surface area contributed by atoms with Gasteiger partial charge in [-0.05, 0) is 19.8 Å². The van der Waals surface area contributed by atoms with E-state index in [0.29, 0.717) is 0 Å². The van der Waals surface area contributed by atoms with Crippen LogP contribution in [-0.2, 0) is 14.3 Å². The molecule has 1 aliphatic rings. The van der Waals surface area contributed by atoms with Crippen LogP contribution in [0.25, 0.3) is 0 Å². The molecule has 4 nitrogen and oxygen atoms in total. The molecule has 0 radical (unpaired) electrons. The molecule has 1 aliphatic carbocycles. The van der Waals surface area contributed by atoms with E-state index in [1.165, 1.54) is 7.11 Å². The van der Waals surface area contributed by atoms with E-state index in [1.54, 1.807) is 6.92 Å². The monoisotopic (exact) mass is 171 g/mol. The Labute approximate surface area is 71.3 Å². The van der Waals surface area contributed by atoms with Crippen molar-refractivity contribution in [3.8, 4) is 0 Å². The van der Waals surface area contributed by atoms with Crippen LogP contribution in [-0.4, -0.2) is 25.0 Å². The van der Waals surface area contributed by atoms with Crippen molar-refractivity contribution in [1.82, 2.24) is 5.32 Å². The minimum atomic E-state index is -0.525. The number of carbonyl (C=O) groups is 2. The molecule has 1 saturated carbocycles. The van der Waals surface area contributed by atoms with E-state index in [0.717, 1.165) is 12.8 Å². The molecule has 1 fully saturated rings. The van der Waals surface area contributed by atoms with Gasteiger partial charge >= 0.3 is 5.97 Å². The summed E-state index contributed by atoms with van der Waals surface area (Å²) >= 11 is 0. The van der Waals surface area contributed by atoms with Gasteiger partial charge in [0.25, 0.3) is 0 Å². The van der Waals surface area contributed by atoms with Gasteiger partial charge in [0.15, 0.2) is 0 Å². The normalized spacial score (nSPS) is 18.2. The number of carbonyl (C=O) groups excluding carboxylic acids is 2. The summed E-state index contributed by atoms with van der Waals surface area (Å²) in [5.41, 5.74) is 0. The minimum absolute atomic E-state index is 0.0344. The Kier molecular flexibility index (Phi) is 2.68. The second-order valence-electron chi connectivity index (χ2n) is 3.03. The lowest BCUT2D eigenvalue weighted by Gasteiger charge is -2.10. The number of esters is 1. The predicted octanol–water partition coefficient (Wildman–Crippen LogP) is 0.0741. The molecular formula is C8H13NO3. The van der Waals surface area contributed by atoms with Gasteiger partial charge in [-0.15, -0.1) is 0 Å². The standard InChI is InChI=1S/C8H13NO3/c1-5(8(11)12-2)9-7(10)6-3-4-6/h5-6H,3-4H2,1-2H3,(H,9,10)/t5-/m0/s1. The van der Waals surface area contributed by atoms with E-state index < -0.39 is 12.0 Å². The van der Waals surface area contributed by atoms with Crippen LogP contribution in [0.15, 0.2) is 0 Å². The van der Waals surface area contributed by atoms with Crippen LogP contribution in [0, 0.1) is 5.92 Å². The molecule has 0 aromatic heterocycles. The van der Waals surface area contributed by atoms with Gasteiger partial charge in [0, 0.05) is 5.92 Å². The van der Waals surface area contributed by atoms with E-state index in [1.807, 2.05) is 0 Å². The van der Waals surface area contributed by atoms with Crippen LogP contribution in [0.1, 0.15) is 19.8 Å². The Morgan fingerprint density at radius 3 is 2.50 bits per heavy atom. The zero-order valence-corrected chi connectivity index (χ0v) is 7.29. The van der Waals surface area contributed by atoms with Crippen molar-refractivity contribution in [2.45, 2.75) is 25.8 Å². The van der Waals surface area contributed by atoms with Crippen molar-refractivity contribution in [3.63, 3.8) is 0 Å². The zero-order valence-electron chi connectivity index (χ0n) is 7.29. The fraction of sp³-hybridized carbons (Fsp3) is 0.750. The number of amides is 1. The molecule has 0 saturated heterocycles. The molecule has 1 atom stereocenters. The van der Waals surface area contributed by atoms with Crippen molar-refractivity contribution in [3.05, 3.63) is 0 Å². The van der Waals surface area contributed by atoms with Gasteiger partial charge in [0.1, 0.15) is 6.04 Å². The quantitative estimate of drug-likeness (QED) is 0.611. The highest BCUT2D eigenvalue weighted by atomic mass is 16.5. The van der Waals surface area contributed by atoms with Crippen molar-refractivity contribution in [1.29, 1.82) is 0 Å². The third kappa shape index (κ3) is 2.22. The van der Waals surface area contributed by atoms with Gasteiger partial charge in [0.05, 0.1) is 7.11 Å². The van der Waals surface area contributed by atoms with E-state index in [2.05, 4.69) is 10.1 Å². The molecule has 0 spiro atoms. The molecule has 68 valence electrons. The first-order chi connectivity index (χ1) is 5.65. The van der Waals surface area contributed by atoms with Gasteiger partial charge < -0.3 is 10.1 Å². The SMILES string of the molecule is COC(=O)[C@H](C)NC(=O)C1CC1. The Balaban J connectivity index is 2.29. The maximum atomic E-state index is 11.1. The number of methoxy groups -OCH3 is 1. The summed E-state index contributed by atoms with van der Waals surface area (Å²) in [6.07, 6.45) is 1.89. The van der Waals surface area contributed by atoms with Gasteiger partial charge in [-0.1, -0.05) is 0 Å². The largest absolute Gasteiger partial charge is 0.467 e. The molecule has 0 aromatic carbocycles. The second kappa shape index (κ2) is 3.56. The number of ether oxygens (including phenoxy) is 1. The Bertz CT molecular complexity index is 198. The molecule has 0 bridgehead atoms. The predicted molar refractivity (Wildman–Crippen MR) is 42.3 cm³/mol. The van der Waals surface area contributed by atoms with Crippen LogP contribution in [0.5, 0.6) is 0 Å². The summed E-state index contributed by atoms with van der Waals surface area (Å²) in [5, 5.41) is 2.58. The van der Waals surface area contributed by atoms with E-state index in [4.69, 9.17) is 0 Å². The third-order valence-electron chi connectivity index (χ3n) is 1.86. The van der Waals surface area contributed by atoms with Gasteiger partial charge in [-0.25, -0.2) is 4.79 Å². The van der Waals surface area contributed by atoms with Gasteiger partial charge in [-0.3, -0.25) is 4.79 Å². The molecule has 0 aromatic rings. The molecular weight excluding hydrogens is 158 g/mol. The second-order valence-corrected chi connectivity index (χ2v) is 3.03. The molecule has 1 amide bonds. The fourth-order valence-corrected chi connectivity index (χ4v) is 0.912. The summed E-state index contributed by atoms with van der Waals surface area (Å²) in [5.74, 6) is -0.297. The van der Waals surface area contributed by atoms with Crippen LogP contribution < -0.4 is 5.32 Å². The van der Waals surface area contributed by atoms with E-state index in [9.17, 15) is 9.59 Å². The molecule has 0 unspecified atom stereocenters. The number of hydrogen-bond donors (Lipinski definition) is 1. The van der Waals surface area contributed by atoms with Crippen molar-refractivity contribution in [2.24, 2.45) is 5.92 Å². The molecule has 0 aliphatic heterocycles. The maximum Gasteiger partial charge on any atom is 0.328 e. The van der Waals surface area contributed by atoms with E-state index >= 15 is 0 Å². The summed E-state index contributed by atoms with van der Waals surface area (Å²) in [6, 6.07) is -0.525. The van der Waals surface area contributed by atoms with Gasteiger partial charge in [-0.2, -0.15) is 0 Å². The maximum absolute atomic E-state index is 11.1. The van der Waals surface area contributed by atoms with Crippen LogP contribution >= 0.6 is 0 Å². The molecule has 0 heterocycles. The van der Waals surface area contributed by atoms with E-state index in [-0.39, 0.29) is 11.8 Å². The summed E-state index contributed by atoms with van der Waals surface area (Å²) in [6.45, 7) is 1.62. The van der Waals surface area contributed by atoms with Crippen LogP contribution in [0.2, 0.25) is 0 Å². The fourth-order valence-electron chi connectivity index (χ4n) is 0.912. The molecule has 1 rings (SSSR count). The number of hydrogen-bond acceptors (Lipinski definition) is 3. The Morgan fingerprint density at radius 1 is 1.50 bits per heavy atom. The van der Waals surface area contributed by atoms with Crippen LogP contribution in [0.4, 0.5) is 0 Å². The lowest BCUT2D eigenvalue weighted by molar-refractivity contribution is -0.144. The first-order valence-corrected chi connectivity index (χ1v) is 4.03. The minimum Gasteiger partial charge on any atom is -0.467 e. The molecule has 12 heavy (non-hydrogen) atoms. The Morgan fingerprint density at radius 2 is 2.08 bits per heavy atom. The number of rotatable bonds is 3. The molecule has 4 heteroatoms. The summed E-state index contributed by atoms with van der Waals surface area (Å²) < 4.78 is 4.46. The summed E-state index contributed by atoms with van der Waals surface area (Å²) in [4.78, 5) is 22.0. The highest BCUT2D eigenvalue weighted by molar-refractivity contribution is 5.86. The highest BCUT2D eigenvalue weighted by Crippen LogP contribution is 2.28. The third-order valence-corrected chi connectivity index (χ3v) is 1.86. The zero-order chi connectivity index (χ0) is 9.14. The van der Waals surface area contributed by atoms with Crippen LogP contribution in [0.3, 0.4) is 0 Å². The summed E-state index contributed by atoms with van der Waals surface area (Å²) in [7, 11) is 1.31. The van der Waals surface area contributed by atoms with Gasteiger partial charge in [0.2, 0.25) is 5.91 Å². The highest BCUT2D eigenvalue weighted by Gasteiger charge is 2.31. The molecule has 1 N–H and O–H groups in total. The van der Waals surface area contributed by atoms with Crippen molar-refractivity contribution < 1.29 is 14.3 Å². The van der Waals surface area contributed by atoms with Crippen molar-refractivity contribution in [2.75, 3.05) is 7.11 Å². The first-order valence-electron chi connectivity index (χ1n) is 4.03. The first kappa shape index (κ1) is 9.03. The average Bonchev–Trinajstić information content (AvgIpc) is 2.84. The topological polar surface area (TPSA) is 55.4 Å². The lowest BCUT2D eigenvalue weighted by atomic mass is 10.3. The van der Waals surface area contributed by atoms with Crippen molar-refractivity contribution >= 4 is 11.9 Å². The Hall–Kier alpha value is -1.06.